The first-order valence-corrected chi connectivity index (χ1v) is 9.26. The van der Waals surface area contributed by atoms with E-state index >= 15 is 0 Å². The number of benzene rings is 1. The molecule has 25 heavy (non-hydrogen) atoms. The molecule has 1 aliphatic heterocycles. The van der Waals surface area contributed by atoms with Crippen LogP contribution in [0.15, 0.2) is 29.2 Å². The van der Waals surface area contributed by atoms with Crippen LogP contribution in [0.3, 0.4) is 0 Å². The molecule has 1 heterocycles. The summed E-state index contributed by atoms with van der Waals surface area (Å²) in [6.07, 6.45) is -2.48. The third kappa shape index (κ3) is 3.32. The second kappa shape index (κ2) is 6.17. The SMILES string of the molecule is O=C1NCCN(S(=O)(=O)c2ccc(OC(F)(F)F)cc2)C12CCCC2. The molecule has 2 fully saturated rings. The van der Waals surface area contributed by atoms with Gasteiger partial charge in [0, 0.05) is 13.1 Å². The molecule has 6 nitrogen and oxygen atoms in total. The van der Waals surface area contributed by atoms with Crippen molar-refractivity contribution in [2.45, 2.75) is 42.5 Å². The Hall–Kier alpha value is -1.81. The summed E-state index contributed by atoms with van der Waals surface area (Å²) in [6.45, 7) is 0.337. The zero-order valence-electron chi connectivity index (χ0n) is 13.2. The second-order valence-electron chi connectivity index (χ2n) is 6.09. The maximum Gasteiger partial charge on any atom is 0.573 e. The Balaban J connectivity index is 1.91. The molecule has 1 spiro atoms. The molecule has 1 aromatic rings. The van der Waals surface area contributed by atoms with Gasteiger partial charge >= 0.3 is 6.36 Å². The maximum atomic E-state index is 13.0. The molecule has 138 valence electrons. The number of sulfonamides is 1. The van der Waals surface area contributed by atoms with Crippen molar-refractivity contribution in [3.05, 3.63) is 24.3 Å². The van der Waals surface area contributed by atoms with E-state index in [2.05, 4.69) is 10.1 Å². The number of alkyl halides is 3. The first-order valence-electron chi connectivity index (χ1n) is 7.82. The first-order chi connectivity index (χ1) is 11.7. The van der Waals surface area contributed by atoms with Gasteiger partial charge in [-0.15, -0.1) is 13.2 Å². The number of carbonyl (C=O) groups excluding carboxylic acids is 1. The minimum atomic E-state index is -4.85. The van der Waals surface area contributed by atoms with E-state index < -0.39 is 27.7 Å². The van der Waals surface area contributed by atoms with Crippen LogP contribution >= 0.6 is 0 Å². The Morgan fingerprint density at radius 3 is 2.28 bits per heavy atom. The molecule has 1 saturated heterocycles. The number of piperazine rings is 1. The molecular formula is C15H17F3N2O4S. The first kappa shape index (κ1) is 18.0. The van der Waals surface area contributed by atoms with E-state index in [0.717, 1.165) is 37.1 Å². The van der Waals surface area contributed by atoms with E-state index in [-0.39, 0.29) is 23.9 Å². The van der Waals surface area contributed by atoms with Crippen molar-refractivity contribution in [3.8, 4) is 5.75 Å². The molecular weight excluding hydrogens is 361 g/mol. The molecule has 1 N–H and O–H groups in total. The number of nitrogens with zero attached hydrogens (tertiary/aromatic N) is 1. The van der Waals surface area contributed by atoms with Crippen molar-refractivity contribution < 1.29 is 31.1 Å². The summed E-state index contributed by atoms with van der Waals surface area (Å²) in [6, 6.07) is 4.02. The molecule has 0 unspecified atom stereocenters. The van der Waals surface area contributed by atoms with Crippen LogP contribution < -0.4 is 10.1 Å². The van der Waals surface area contributed by atoms with Gasteiger partial charge in [-0.3, -0.25) is 4.79 Å². The highest BCUT2D eigenvalue weighted by molar-refractivity contribution is 7.89. The van der Waals surface area contributed by atoms with Crippen molar-refractivity contribution in [1.82, 2.24) is 9.62 Å². The van der Waals surface area contributed by atoms with Gasteiger partial charge in [0.1, 0.15) is 11.3 Å². The molecule has 0 aromatic heterocycles. The molecule has 10 heteroatoms. The average molecular weight is 378 g/mol. The highest BCUT2D eigenvalue weighted by atomic mass is 32.2. The van der Waals surface area contributed by atoms with E-state index in [4.69, 9.17) is 0 Å². The summed E-state index contributed by atoms with van der Waals surface area (Å²) in [4.78, 5) is 12.2. The highest BCUT2D eigenvalue weighted by Gasteiger charge is 2.53. The van der Waals surface area contributed by atoms with Crippen LogP contribution in [0.4, 0.5) is 13.2 Å². The number of halogens is 3. The number of carbonyl (C=O) groups is 1. The molecule has 1 amide bonds. The normalized spacial score (nSPS) is 21.3. The van der Waals surface area contributed by atoms with Gasteiger partial charge in [0.15, 0.2) is 0 Å². The number of rotatable bonds is 3. The Kier molecular flexibility index (Phi) is 4.44. The quantitative estimate of drug-likeness (QED) is 0.873. The van der Waals surface area contributed by atoms with E-state index in [0.29, 0.717) is 12.8 Å². The monoisotopic (exact) mass is 378 g/mol. The molecule has 0 atom stereocenters. The van der Waals surface area contributed by atoms with Gasteiger partial charge in [-0.2, -0.15) is 4.31 Å². The fourth-order valence-electron chi connectivity index (χ4n) is 3.49. The molecule has 1 saturated carbocycles. The summed E-state index contributed by atoms with van der Waals surface area (Å²) >= 11 is 0. The zero-order chi connectivity index (χ0) is 18.3. The van der Waals surface area contributed by atoms with Crippen molar-refractivity contribution in [3.63, 3.8) is 0 Å². The summed E-state index contributed by atoms with van der Waals surface area (Å²) in [5, 5.41) is 2.71. The van der Waals surface area contributed by atoms with Crippen LogP contribution in [0.5, 0.6) is 5.75 Å². The lowest BCUT2D eigenvalue weighted by molar-refractivity contribution is -0.274. The summed E-state index contributed by atoms with van der Waals surface area (Å²) in [5.41, 5.74) is -1.10. The summed E-state index contributed by atoms with van der Waals surface area (Å²) in [5.74, 6) is -0.810. The van der Waals surface area contributed by atoms with Gasteiger partial charge in [0.25, 0.3) is 0 Å². The highest BCUT2D eigenvalue weighted by Crippen LogP contribution is 2.40. The topological polar surface area (TPSA) is 75.7 Å². The van der Waals surface area contributed by atoms with Crippen molar-refractivity contribution in [2.75, 3.05) is 13.1 Å². The number of nitrogens with one attached hydrogen (secondary N) is 1. The largest absolute Gasteiger partial charge is 0.573 e. The Morgan fingerprint density at radius 1 is 1.12 bits per heavy atom. The van der Waals surface area contributed by atoms with E-state index in [1.165, 1.54) is 4.31 Å². The number of amides is 1. The van der Waals surface area contributed by atoms with Gasteiger partial charge in [0.2, 0.25) is 15.9 Å². The molecule has 2 aliphatic rings. The average Bonchev–Trinajstić information content (AvgIpc) is 2.99. The Morgan fingerprint density at radius 2 is 1.72 bits per heavy atom. The molecule has 3 rings (SSSR count). The van der Waals surface area contributed by atoms with Crippen LogP contribution in [0.25, 0.3) is 0 Å². The minimum Gasteiger partial charge on any atom is -0.406 e. The third-order valence-corrected chi connectivity index (χ3v) is 6.56. The third-order valence-electron chi connectivity index (χ3n) is 4.58. The fourth-order valence-corrected chi connectivity index (χ4v) is 5.28. The lowest BCUT2D eigenvalue weighted by Crippen LogP contribution is -2.64. The van der Waals surface area contributed by atoms with Crippen LogP contribution in [0, 0.1) is 0 Å². The maximum absolute atomic E-state index is 13.0. The van der Waals surface area contributed by atoms with Crippen LogP contribution in [0.1, 0.15) is 25.7 Å². The van der Waals surface area contributed by atoms with Gasteiger partial charge < -0.3 is 10.1 Å². The van der Waals surface area contributed by atoms with Gasteiger partial charge in [-0.25, -0.2) is 8.42 Å². The van der Waals surface area contributed by atoms with Crippen molar-refractivity contribution in [2.24, 2.45) is 0 Å². The standard InChI is InChI=1S/C15H17F3N2O4S/c16-15(17,18)24-11-3-5-12(6-4-11)25(22,23)20-10-9-19-13(21)14(20)7-1-2-8-14/h3-6H,1-2,7-10H2,(H,19,21). The number of hydrogen-bond acceptors (Lipinski definition) is 4. The van der Waals surface area contributed by atoms with Crippen molar-refractivity contribution >= 4 is 15.9 Å². The summed E-state index contributed by atoms with van der Waals surface area (Å²) in [7, 11) is -4.01. The van der Waals surface area contributed by atoms with E-state index in [1.807, 2.05) is 0 Å². The summed E-state index contributed by atoms with van der Waals surface area (Å²) < 4.78 is 67.5. The predicted octanol–water partition coefficient (Wildman–Crippen LogP) is 2.02. The van der Waals surface area contributed by atoms with Crippen LogP contribution in [-0.4, -0.2) is 43.6 Å². The fraction of sp³-hybridized carbons (Fsp3) is 0.533. The van der Waals surface area contributed by atoms with Crippen LogP contribution in [0.2, 0.25) is 0 Å². The van der Waals surface area contributed by atoms with Crippen molar-refractivity contribution in [1.29, 1.82) is 0 Å². The number of ether oxygens (including phenoxy) is 1. The van der Waals surface area contributed by atoms with E-state index in [1.54, 1.807) is 0 Å². The Labute approximate surface area is 143 Å². The smallest absolute Gasteiger partial charge is 0.406 e. The lowest BCUT2D eigenvalue weighted by atomic mass is 9.94. The number of hydrogen-bond donors (Lipinski definition) is 1. The molecule has 1 aliphatic carbocycles. The Bertz CT molecular complexity index is 756. The van der Waals surface area contributed by atoms with Gasteiger partial charge in [-0.1, -0.05) is 12.8 Å². The minimum absolute atomic E-state index is 0.134. The lowest BCUT2D eigenvalue weighted by Gasteiger charge is -2.42. The zero-order valence-corrected chi connectivity index (χ0v) is 14.0. The van der Waals surface area contributed by atoms with Crippen LogP contribution in [-0.2, 0) is 14.8 Å². The molecule has 0 radical (unpaired) electrons. The van der Waals surface area contributed by atoms with Gasteiger partial charge in [0.05, 0.1) is 4.90 Å². The van der Waals surface area contributed by atoms with E-state index in [9.17, 15) is 26.4 Å². The second-order valence-corrected chi connectivity index (χ2v) is 7.95. The molecule has 1 aromatic carbocycles. The van der Waals surface area contributed by atoms with Gasteiger partial charge in [-0.05, 0) is 37.1 Å². The predicted molar refractivity (Wildman–Crippen MR) is 81.2 cm³/mol. The molecule has 0 bridgehead atoms.